The Hall–Kier alpha value is -1.90. The third-order valence-corrected chi connectivity index (χ3v) is 3.87. The maximum absolute atomic E-state index is 12.7. The van der Waals surface area contributed by atoms with Gasteiger partial charge in [-0.1, -0.05) is 24.6 Å². The minimum atomic E-state index is 0.183. The molecule has 21 heavy (non-hydrogen) atoms. The first-order valence-electron chi connectivity index (χ1n) is 7.62. The molecule has 0 spiro atoms. The van der Waals surface area contributed by atoms with Gasteiger partial charge in [0.1, 0.15) is 0 Å². The van der Waals surface area contributed by atoms with Crippen molar-refractivity contribution in [3.05, 3.63) is 51.8 Å². The normalized spacial score (nSPS) is 10.9. The molecule has 1 aromatic carbocycles. The number of hydrogen-bond acceptors (Lipinski definition) is 2. The van der Waals surface area contributed by atoms with Crippen LogP contribution >= 0.6 is 0 Å². The fourth-order valence-electron chi connectivity index (χ4n) is 2.98. The van der Waals surface area contributed by atoms with E-state index in [2.05, 4.69) is 44.1 Å². The molecule has 112 valence electrons. The van der Waals surface area contributed by atoms with Crippen molar-refractivity contribution in [3.63, 3.8) is 0 Å². The quantitative estimate of drug-likeness (QED) is 0.782. The second kappa shape index (κ2) is 6.25. The SMILES string of the molecule is CCc1cc(CC(=O)c2c(C)cc(C)cc2C)n(CC)n1. The predicted molar refractivity (Wildman–Crippen MR) is 86.0 cm³/mol. The van der Waals surface area contributed by atoms with Crippen LogP contribution in [0.25, 0.3) is 0 Å². The molecule has 0 amide bonds. The van der Waals surface area contributed by atoms with Crippen LogP contribution in [-0.2, 0) is 19.4 Å². The zero-order valence-electron chi connectivity index (χ0n) is 13.7. The van der Waals surface area contributed by atoms with Crippen LogP contribution in [0.2, 0.25) is 0 Å². The average Bonchev–Trinajstić information content (AvgIpc) is 2.79. The first-order valence-corrected chi connectivity index (χ1v) is 7.62. The van der Waals surface area contributed by atoms with E-state index in [1.807, 2.05) is 18.5 Å². The summed E-state index contributed by atoms with van der Waals surface area (Å²) in [4.78, 5) is 12.7. The molecular formula is C18H24N2O. The van der Waals surface area contributed by atoms with E-state index < -0.39 is 0 Å². The Morgan fingerprint density at radius 1 is 1.10 bits per heavy atom. The standard InChI is InChI=1S/C18H24N2O/c1-6-15-10-16(20(7-2)19-15)11-17(21)18-13(4)8-12(3)9-14(18)5/h8-10H,6-7,11H2,1-5H3. The van der Waals surface area contributed by atoms with E-state index in [0.29, 0.717) is 6.42 Å². The van der Waals surface area contributed by atoms with Gasteiger partial charge in [0.15, 0.2) is 5.78 Å². The Morgan fingerprint density at radius 3 is 2.24 bits per heavy atom. The van der Waals surface area contributed by atoms with Gasteiger partial charge >= 0.3 is 0 Å². The van der Waals surface area contributed by atoms with Crippen molar-refractivity contribution in [1.29, 1.82) is 0 Å². The van der Waals surface area contributed by atoms with E-state index >= 15 is 0 Å². The molecule has 2 rings (SSSR count). The molecule has 0 saturated carbocycles. The van der Waals surface area contributed by atoms with Gasteiger partial charge in [-0.2, -0.15) is 5.10 Å². The van der Waals surface area contributed by atoms with Crippen LogP contribution in [0.1, 0.15) is 52.3 Å². The summed E-state index contributed by atoms with van der Waals surface area (Å²) < 4.78 is 1.94. The number of benzene rings is 1. The van der Waals surface area contributed by atoms with Crippen LogP contribution in [0.4, 0.5) is 0 Å². The molecule has 0 aliphatic rings. The van der Waals surface area contributed by atoms with E-state index in [1.165, 1.54) is 5.56 Å². The number of Topliss-reactive ketones (excluding diaryl/α,β-unsaturated/α-hetero) is 1. The molecule has 0 aliphatic heterocycles. The second-order valence-corrected chi connectivity index (χ2v) is 5.67. The maximum atomic E-state index is 12.7. The smallest absolute Gasteiger partial charge is 0.169 e. The Kier molecular flexibility index (Phi) is 4.61. The van der Waals surface area contributed by atoms with Gasteiger partial charge in [-0.15, -0.1) is 0 Å². The average molecular weight is 284 g/mol. The second-order valence-electron chi connectivity index (χ2n) is 5.67. The van der Waals surface area contributed by atoms with Gasteiger partial charge in [0.2, 0.25) is 0 Å². The topological polar surface area (TPSA) is 34.9 Å². The monoisotopic (exact) mass is 284 g/mol. The van der Waals surface area contributed by atoms with Crippen LogP contribution in [0.5, 0.6) is 0 Å². The molecule has 0 aliphatic carbocycles. The van der Waals surface area contributed by atoms with Gasteiger partial charge < -0.3 is 0 Å². The van der Waals surface area contributed by atoms with Crippen LogP contribution in [0, 0.1) is 20.8 Å². The lowest BCUT2D eigenvalue weighted by Gasteiger charge is -2.11. The summed E-state index contributed by atoms with van der Waals surface area (Å²) in [5.41, 5.74) is 6.26. The minimum Gasteiger partial charge on any atom is -0.294 e. The lowest BCUT2D eigenvalue weighted by molar-refractivity contribution is 0.0989. The summed E-state index contributed by atoms with van der Waals surface area (Å²) in [7, 11) is 0. The summed E-state index contributed by atoms with van der Waals surface area (Å²) in [6.45, 7) is 11.0. The highest BCUT2D eigenvalue weighted by molar-refractivity contribution is 6.00. The van der Waals surface area contributed by atoms with E-state index in [0.717, 1.165) is 41.0 Å². The molecule has 0 saturated heterocycles. The maximum Gasteiger partial charge on any atom is 0.169 e. The summed E-state index contributed by atoms with van der Waals surface area (Å²) in [5.74, 6) is 0.183. The highest BCUT2D eigenvalue weighted by Gasteiger charge is 2.16. The van der Waals surface area contributed by atoms with E-state index in [4.69, 9.17) is 0 Å². The van der Waals surface area contributed by atoms with Crippen molar-refractivity contribution in [2.75, 3.05) is 0 Å². The number of nitrogens with zero attached hydrogens (tertiary/aromatic N) is 2. The summed E-state index contributed by atoms with van der Waals surface area (Å²) >= 11 is 0. The van der Waals surface area contributed by atoms with Crippen molar-refractivity contribution in [2.24, 2.45) is 0 Å². The van der Waals surface area contributed by atoms with Gasteiger partial charge in [-0.3, -0.25) is 9.48 Å². The molecule has 0 atom stereocenters. The van der Waals surface area contributed by atoms with E-state index in [9.17, 15) is 4.79 Å². The molecule has 0 unspecified atom stereocenters. The van der Waals surface area contributed by atoms with Crippen LogP contribution in [-0.4, -0.2) is 15.6 Å². The molecule has 0 fully saturated rings. The molecule has 1 heterocycles. The molecule has 0 N–H and O–H groups in total. The number of ketones is 1. The van der Waals surface area contributed by atoms with Crippen molar-refractivity contribution >= 4 is 5.78 Å². The van der Waals surface area contributed by atoms with Crippen LogP contribution < -0.4 is 0 Å². The summed E-state index contributed by atoms with van der Waals surface area (Å²) in [6.07, 6.45) is 1.32. The summed E-state index contributed by atoms with van der Waals surface area (Å²) in [6, 6.07) is 6.21. The van der Waals surface area contributed by atoms with Crippen molar-refractivity contribution in [2.45, 2.75) is 54.0 Å². The van der Waals surface area contributed by atoms with Crippen molar-refractivity contribution in [3.8, 4) is 0 Å². The molecule has 0 bridgehead atoms. The van der Waals surface area contributed by atoms with Crippen LogP contribution in [0.15, 0.2) is 18.2 Å². The van der Waals surface area contributed by atoms with Crippen LogP contribution in [0.3, 0.4) is 0 Å². The Balaban J connectivity index is 2.32. The van der Waals surface area contributed by atoms with Gasteiger partial charge in [-0.25, -0.2) is 0 Å². The molecule has 2 aromatic rings. The summed E-state index contributed by atoms with van der Waals surface area (Å²) in [5, 5.41) is 4.52. The van der Waals surface area contributed by atoms with E-state index in [-0.39, 0.29) is 5.78 Å². The largest absolute Gasteiger partial charge is 0.294 e. The molecule has 1 aromatic heterocycles. The lowest BCUT2D eigenvalue weighted by atomic mass is 9.94. The zero-order valence-corrected chi connectivity index (χ0v) is 13.7. The first kappa shape index (κ1) is 15.5. The van der Waals surface area contributed by atoms with Crippen molar-refractivity contribution in [1.82, 2.24) is 9.78 Å². The number of rotatable bonds is 5. The molecule has 0 radical (unpaired) electrons. The number of aromatic nitrogens is 2. The highest BCUT2D eigenvalue weighted by Crippen LogP contribution is 2.19. The number of aryl methyl sites for hydroxylation is 5. The number of hydrogen-bond donors (Lipinski definition) is 0. The molecular weight excluding hydrogens is 260 g/mol. The molecule has 3 heteroatoms. The zero-order chi connectivity index (χ0) is 15.6. The van der Waals surface area contributed by atoms with Gasteiger partial charge in [0.25, 0.3) is 0 Å². The fourth-order valence-corrected chi connectivity index (χ4v) is 2.98. The fraction of sp³-hybridized carbons (Fsp3) is 0.444. The Bertz CT molecular complexity index is 645. The third-order valence-electron chi connectivity index (χ3n) is 3.87. The number of carbonyl (C=O) groups is 1. The Morgan fingerprint density at radius 2 is 1.71 bits per heavy atom. The van der Waals surface area contributed by atoms with Gasteiger partial charge in [0.05, 0.1) is 12.1 Å². The number of carbonyl (C=O) groups excluding carboxylic acids is 1. The third kappa shape index (κ3) is 3.23. The Labute approximate surface area is 127 Å². The minimum absolute atomic E-state index is 0.183. The molecule has 3 nitrogen and oxygen atoms in total. The van der Waals surface area contributed by atoms with Gasteiger partial charge in [-0.05, 0) is 51.3 Å². The predicted octanol–water partition coefficient (Wildman–Crippen LogP) is 3.82. The highest BCUT2D eigenvalue weighted by atomic mass is 16.1. The lowest BCUT2D eigenvalue weighted by Crippen LogP contribution is -2.12. The first-order chi connectivity index (χ1) is 9.96. The van der Waals surface area contributed by atoms with E-state index in [1.54, 1.807) is 0 Å². The van der Waals surface area contributed by atoms with Crippen molar-refractivity contribution < 1.29 is 4.79 Å². The van der Waals surface area contributed by atoms with Gasteiger partial charge in [0, 0.05) is 17.8 Å².